The quantitative estimate of drug-likeness (QED) is 0.566. The second-order valence-electron chi connectivity index (χ2n) is 8.57. The molecule has 0 N–H and O–H groups in total. The highest BCUT2D eigenvalue weighted by molar-refractivity contribution is 6.34. The van der Waals surface area contributed by atoms with Gasteiger partial charge in [-0.3, -0.25) is 4.79 Å². The molecule has 174 valence electrons. The van der Waals surface area contributed by atoms with Gasteiger partial charge in [0.05, 0.1) is 29.7 Å². The molecule has 1 fully saturated rings. The Morgan fingerprint density at radius 1 is 1.25 bits per heavy atom. The summed E-state index contributed by atoms with van der Waals surface area (Å²) < 4.78 is 45.2. The lowest BCUT2D eigenvalue weighted by Crippen LogP contribution is -2.42. The Balaban J connectivity index is 1.56. The molecule has 0 aromatic heterocycles. The molecule has 2 aliphatic heterocycles. The van der Waals surface area contributed by atoms with Crippen LogP contribution in [0.4, 0.5) is 18.9 Å². The normalized spacial score (nSPS) is 26.0. The van der Waals surface area contributed by atoms with E-state index in [1.807, 2.05) is 4.90 Å². The van der Waals surface area contributed by atoms with Crippen LogP contribution < -0.4 is 4.90 Å². The van der Waals surface area contributed by atoms with Crippen LogP contribution in [0.5, 0.6) is 0 Å². The summed E-state index contributed by atoms with van der Waals surface area (Å²) in [6.45, 7) is 3.72. The van der Waals surface area contributed by atoms with E-state index >= 15 is 0 Å². The van der Waals surface area contributed by atoms with Gasteiger partial charge in [0, 0.05) is 42.8 Å². The fourth-order valence-corrected chi connectivity index (χ4v) is 5.47. The number of nitrogens with zero attached hydrogens (tertiary/aromatic N) is 2. The summed E-state index contributed by atoms with van der Waals surface area (Å²) in [6, 6.07) is 2.35. The number of likely N-dealkylation sites (N-methyl/N-ethyl adjacent to an activating group) is 1. The molecule has 0 spiro atoms. The first-order valence-corrected chi connectivity index (χ1v) is 11.4. The first-order valence-electron chi connectivity index (χ1n) is 10.6. The maximum atomic E-state index is 13.3. The molecule has 32 heavy (non-hydrogen) atoms. The predicted molar refractivity (Wildman–Crippen MR) is 119 cm³/mol. The summed E-state index contributed by atoms with van der Waals surface area (Å²) in [7, 11) is 1.80. The van der Waals surface area contributed by atoms with Crippen molar-refractivity contribution in [2.24, 2.45) is 5.92 Å². The Bertz CT molecular complexity index is 971. The van der Waals surface area contributed by atoms with Crippen molar-refractivity contribution >= 4 is 34.8 Å². The Hall–Kier alpha value is -1.70. The number of anilines is 1. The van der Waals surface area contributed by atoms with Crippen molar-refractivity contribution < 1.29 is 22.7 Å². The van der Waals surface area contributed by atoms with Crippen LogP contribution in [0.3, 0.4) is 0 Å². The number of fused-ring (bicyclic) bond motifs is 1. The average Bonchev–Trinajstić information content (AvgIpc) is 3.07. The number of benzene rings is 1. The Labute approximate surface area is 195 Å². The van der Waals surface area contributed by atoms with Crippen molar-refractivity contribution in [3.63, 3.8) is 0 Å². The highest BCUT2D eigenvalue weighted by atomic mass is 35.5. The number of rotatable bonds is 3. The molecule has 1 aromatic carbocycles. The third kappa shape index (κ3) is 4.39. The number of hydrogen-bond acceptors (Lipinski definition) is 3. The van der Waals surface area contributed by atoms with Gasteiger partial charge in [0.15, 0.2) is 0 Å². The number of carbonyl (C=O) groups excluding carboxylic acids is 1. The molecule has 1 aromatic rings. The standard InChI is InChI=1S/C23H25Cl2F3N2O2/c1-13-9-14(23(26,27)28)10-20-17(13)11-15(29(20)2)12-18-19(24)4-3-16(21(18)25)22(31)30-5-7-32-8-6-30/h3-4,9-10,15,18-19H,5-8,11-12H2,1-2H3. The summed E-state index contributed by atoms with van der Waals surface area (Å²) in [5.41, 5.74) is 1.91. The average molecular weight is 489 g/mol. The largest absolute Gasteiger partial charge is 0.416 e. The lowest BCUT2D eigenvalue weighted by Gasteiger charge is -2.33. The minimum absolute atomic E-state index is 0.0709. The number of morpholine rings is 1. The SMILES string of the molecule is Cc1cc(C(F)(F)F)cc2c1CC(CC1C(Cl)=C(C(=O)N3CCOCC3)C=CC1Cl)N2C. The number of allylic oxidation sites excluding steroid dienone is 2. The summed E-state index contributed by atoms with van der Waals surface area (Å²) in [4.78, 5) is 16.6. The topological polar surface area (TPSA) is 32.8 Å². The lowest BCUT2D eigenvalue weighted by molar-refractivity contribution is -0.137. The zero-order chi connectivity index (χ0) is 23.2. The molecular formula is C23H25Cl2F3N2O2. The molecule has 9 heteroatoms. The molecular weight excluding hydrogens is 464 g/mol. The van der Waals surface area contributed by atoms with E-state index in [0.29, 0.717) is 61.0 Å². The fraction of sp³-hybridized carbons (Fsp3) is 0.522. The number of ether oxygens (including phenoxy) is 1. The van der Waals surface area contributed by atoms with Gasteiger partial charge in [-0.2, -0.15) is 13.2 Å². The lowest BCUT2D eigenvalue weighted by atomic mass is 9.87. The number of halogens is 5. The molecule has 0 saturated carbocycles. The van der Waals surface area contributed by atoms with Crippen molar-refractivity contribution in [2.75, 3.05) is 38.3 Å². The highest BCUT2D eigenvalue weighted by Crippen LogP contribution is 2.43. The van der Waals surface area contributed by atoms with Crippen LogP contribution in [0, 0.1) is 12.8 Å². The van der Waals surface area contributed by atoms with E-state index in [1.165, 1.54) is 12.1 Å². The van der Waals surface area contributed by atoms with Crippen LogP contribution in [-0.2, 0) is 22.1 Å². The first kappa shape index (κ1) is 23.5. The number of carbonyl (C=O) groups is 1. The maximum Gasteiger partial charge on any atom is 0.416 e. The molecule has 3 aliphatic rings. The Morgan fingerprint density at radius 2 is 1.94 bits per heavy atom. The molecule has 4 nitrogen and oxygen atoms in total. The third-order valence-electron chi connectivity index (χ3n) is 6.61. The van der Waals surface area contributed by atoms with Crippen molar-refractivity contribution in [1.29, 1.82) is 0 Å². The van der Waals surface area contributed by atoms with E-state index in [-0.39, 0.29) is 17.9 Å². The van der Waals surface area contributed by atoms with Gasteiger partial charge in [-0.15, -0.1) is 11.6 Å². The van der Waals surface area contributed by atoms with Gasteiger partial charge in [0.25, 0.3) is 5.91 Å². The van der Waals surface area contributed by atoms with E-state index in [9.17, 15) is 18.0 Å². The molecule has 0 radical (unpaired) electrons. The van der Waals surface area contributed by atoms with Gasteiger partial charge in [0.1, 0.15) is 0 Å². The van der Waals surface area contributed by atoms with Crippen molar-refractivity contribution in [3.8, 4) is 0 Å². The van der Waals surface area contributed by atoms with Crippen LogP contribution in [0.15, 0.2) is 34.9 Å². The molecule has 3 atom stereocenters. The van der Waals surface area contributed by atoms with Crippen LogP contribution in [0.25, 0.3) is 0 Å². The van der Waals surface area contributed by atoms with Crippen molar-refractivity contribution in [1.82, 2.24) is 4.90 Å². The van der Waals surface area contributed by atoms with Crippen LogP contribution in [0.2, 0.25) is 0 Å². The third-order valence-corrected chi connectivity index (χ3v) is 7.55. The second kappa shape index (κ2) is 8.92. The number of hydrogen-bond donors (Lipinski definition) is 0. The highest BCUT2D eigenvalue weighted by Gasteiger charge is 2.38. The molecule has 1 aliphatic carbocycles. The molecule has 4 rings (SSSR count). The van der Waals surface area contributed by atoms with Gasteiger partial charge in [0.2, 0.25) is 0 Å². The smallest absolute Gasteiger partial charge is 0.378 e. The van der Waals surface area contributed by atoms with E-state index in [1.54, 1.807) is 31.0 Å². The number of aryl methyl sites for hydroxylation is 1. The Morgan fingerprint density at radius 3 is 2.59 bits per heavy atom. The Kier molecular flexibility index (Phi) is 6.54. The summed E-state index contributed by atoms with van der Waals surface area (Å²) >= 11 is 13.3. The predicted octanol–water partition coefficient (Wildman–Crippen LogP) is 4.91. The van der Waals surface area contributed by atoms with E-state index in [0.717, 1.165) is 5.56 Å². The minimum atomic E-state index is -4.39. The van der Waals surface area contributed by atoms with Crippen LogP contribution >= 0.6 is 23.2 Å². The number of alkyl halides is 4. The summed E-state index contributed by atoms with van der Waals surface area (Å²) in [6.07, 6.45) is 0.205. The monoisotopic (exact) mass is 488 g/mol. The number of amides is 1. The van der Waals surface area contributed by atoms with E-state index < -0.39 is 17.1 Å². The molecule has 0 bridgehead atoms. The van der Waals surface area contributed by atoms with Gasteiger partial charge >= 0.3 is 6.18 Å². The fourth-order valence-electron chi connectivity index (χ4n) is 4.73. The van der Waals surface area contributed by atoms with E-state index in [2.05, 4.69) is 0 Å². The maximum absolute atomic E-state index is 13.3. The zero-order valence-corrected chi connectivity index (χ0v) is 19.4. The van der Waals surface area contributed by atoms with Crippen molar-refractivity contribution in [2.45, 2.75) is 37.4 Å². The minimum Gasteiger partial charge on any atom is -0.378 e. The second-order valence-corrected chi connectivity index (χ2v) is 9.48. The summed E-state index contributed by atoms with van der Waals surface area (Å²) in [5.74, 6) is -0.440. The molecule has 3 unspecified atom stereocenters. The van der Waals surface area contributed by atoms with Gasteiger partial charge in [-0.05, 0) is 43.0 Å². The molecule has 1 amide bonds. The van der Waals surface area contributed by atoms with E-state index in [4.69, 9.17) is 27.9 Å². The molecule has 1 saturated heterocycles. The van der Waals surface area contributed by atoms with Gasteiger partial charge in [-0.1, -0.05) is 23.8 Å². The van der Waals surface area contributed by atoms with Crippen molar-refractivity contribution in [3.05, 3.63) is 51.6 Å². The van der Waals surface area contributed by atoms with Crippen LogP contribution in [-0.4, -0.2) is 55.6 Å². The van der Waals surface area contributed by atoms with Crippen LogP contribution in [0.1, 0.15) is 23.1 Å². The van der Waals surface area contributed by atoms with Gasteiger partial charge < -0.3 is 14.5 Å². The first-order chi connectivity index (χ1) is 15.1. The molecule has 2 heterocycles. The van der Waals surface area contributed by atoms with Gasteiger partial charge in [-0.25, -0.2) is 0 Å². The summed E-state index contributed by atoms with van der Waals surface area (Å²) in [5, 5.41) is 0.0220. The zero-order valence-electron chi connectivity index (χ0n) is 17.9.